The molecule has 1 aromatic heterocycles. The number of hydrogen-bond acceptors (Lipinski definition) is 4. The van der Waals surface area contributed by atoms with Crippen LogP contribution in [0.1, 0.15) is 6.42 Å². The highest BCUT2D eigenvalue weighted by atomic mass is 32.2. The smallest absolute Gasteiger partial charge is 0.179 e. The van der Waals surface area contributed by atoms with Crippen LogP contribution < -0.4 is 5.32 Å². The topological polar surface area (TPSA) is 59.1 Å². The quantitative estimate of drug-likeness (QED) is 0.834. The largest absolute Gasteiger partial charge is 0.320 e. The van der Waals surface area contributed by atoms with Gasteiger partial charge in [0.25, 0.3) is 0 Å². The van der Waals surface area contributed by atoms with Gasteiger partial charge in [-0.25, -0.2) is 8.42 Å². The first-order valence-electron chi connectivity index (χ1n) is 5.85. The number of nitrogens with zero attached hydrogens (tertiary/aromatic N) is 1. The van der Waals surface area contributed by atoms with Gasteiger partial charge in [-0.05, 0) is 32.1 Å². The van der Waals surface area contributed by atoms with Crippen LogP contribution >= 0.6 is 0 Å². The van der Waals surface area contributed by atoms with Crippen molar-refractivity contribution in [2.45, 2.75) is 11.3 Å². The van der Waals surface area contributed by atoms with Crippen molar-refractivity contribution >= 4 is 20.6 Å². The van der Waals surface area contributed by atoms with Crippen molar-refractivity contribution in [3.05, 3.63) is 36.7 Å². The molecule has 0 aliphatic rings. The fourth-order valence-electron chi connectivity index (χ4n) is 1.91. The molecule has 4 nitrogen and oxygen atoms in total. The normalized spacial score (nSPS) is 11.8. The number of hydrogen-bond donors (Lipinski definition) is 1. The van der Waals surface area contributed by atoms with Crippen LogP contribution in [-0.2, 0) is 9.84 Å². The monoisotopic (exact) mass is 264 g/mol. The Bertz CT molecular complexity index is 633. The van der Waals surface area contributed by atoms with Gasteiger partial charge in [0.2, 0.25) is 0 Å². The van der Waals surface area contributed by atoms with E-state index in [1.165, 1.54) is 0 Å². The van der Waals surface area contributed by atoms with Gasteiger partial charge in [-0.3, -0.25) is 4.98 Å². The molecule has 0 fully saturated rings. The predicted molar refractivity (Wildman–Crippen MR) is 72.3 cm³/mol. The van der Waals surface area contributed by atoms with Crippen molar-refractivity contribution in [1.82, 2.24) is 10.3 Å². The van der Waals surface area contributed by atoms with Gasteiger partial charge in [0, 0.05) is 23.2 Å². The summed E-state index contributed by atoms with van der Waals surface area (Å²) in [5.41, 5.74) is 0. The zero-order valence-electron chi connectivity index (χ0n) is 10.3. The Kier molecular flexibility index (Phi) is 3.93. The first kappa shape index (κ1) is 13.0. The Hall–Kier alpha value is -1.46. The molecule has 0 spiro atoms. The van der Waals surface area contributed by atoms with Gasteiger partial charge in [0.15, 0.2) is 9.84 Å². The number of rotatable bonds is 5. The maximum absolute atomic E-state index is 12.3. The molecule has 0 aliphatic carbocycles. The van der Waals surface area contributed by atoms with E-state index in [1.807, 2.05) is 13.1 Å². The number of sulfone groups is 1. The molecular formula is C13H16N2O2S. The van der Waals surface area contributed by atoms with Gasteiger partial charge in [0.1, 0.15) is 0 Å². The van der Waals surface area contributed by atoms with Crippen LogP contribution in [0, 0.1) is 0 Å². The second-order valence-electron chi connectivity index (χ2n) is 4.13. The molecular weight excluding hydrogens is 248 g/mol. The third-order valence-electron chi connectivity index (χ3n) is 2.82. The van der Waals surface area contributed by atoms with E-state index in [0.717, 1.165) is 10.8 Å². The molecule has 96 valence electrons. The molecule has 0 atom stereocenters. The number of pyridine rings is 1. The van der Waals surface area contributed by atoms with E-state index in [2.05, 4.69) is 10.3 Å². The Morgan fingerprint density at radius 3 is 2.89 bits per heavy atom. The third kappa shape index (κ3) is 2.68. The maximum Gasteiger partial charge on any atom is 0.179 e. The number of benzene rings is 1. The van der Waals surface area contributed by atoms with Crippen LogP contribution in [0.15, 0.2) is 41.6 Å². The molecule has 0 radical (unpaired) electrons. The van der Waals surface area contributed by atoms with E-state index in [-0.39, 0.29) is 5.75 Å². The Morgan fingerprint density at radius 2 is 2.11 bits per heavy atom. The van der Waals surface area contributed by atoms with E-state index in [0.29, 0.717) is 17.9 Å². The molecule has 1 N–H and O–H groups in total. The summed E-state index contributed by atoms with van der Waals surface area (Å²) in [5, 5.41) is 4.56. The summed E-state index contributed by atoms with van der Waals surface area (Å²) in [6, 6.07) is 7.04. The van der Waals surface area contributed by atoms with Crippen molar-refractivity contribution in [1.29, 1.82) is 0 Å². The van der Waals surface area contributed by atoms with Crippen molar-refractivity contribution in [2.75, 3.05) is 19.3 Å². The lowest BCUT2D eigenvalue weighted by Crippen LogP contribution is -2.14. The second kappa shape index (κ2) is 5.46. The maximum atomic E-state index is 12.3. The molecule has 0 saturated carbocycles. The molecule has 1 heterocycles. The van der Waals surface area contributed by atoms with E-state index in [1.54, 1.807) is 30.6 Å². The van der Waals surface area contributed by atoms with E-state index >= 15 is 0 Å². The molecule has 0 amide bonds. The Balaban J connectivity index is 2.41. The van der Waals surface area contributed by atoms with Crippen LogP contribution in [0.2, 0.25) is 0 Å². The molecule has 5 heteroatoms. The lowest BCUT2D eigenvalue weighted by atomic mass is 10.2. The van der Waals surface area contributed by atoms with Crippen LogP contribution in [-0.4, -0.2) is 32.7 Å². The van der Waals surface area contributed by atoms with E-state index in [4.69, 9.17) is 0 Å². The first-order chi connectivity index (χ1) is 8.65. The van der Waals surface area contributed by atoms with E-state index < -0.39 is 9.84 Å². The molecule has 2 rings (SSSR count). The lowest BCUT2D eigenvalue weighted by Gasteiger charge is -2.07. The summed E-state index contributed by atoms with van der Waals surface area (Å²) in [7, 11) is -1.41. The number of fused-ring (bicyclic) bond motifs is 1. The van der Waals surface area contributed by atoms with Gasteiger partial charge >= 0.3 is 0 Å². The first-order valence-corrected chi connectivity index (χ1v) is 7.50. The SMILES string of the molecule is CNCCCS(=O)(=O)c1cccc2cnccc12. The van der Waals surface area contributed by atoms with Crippen LogP contribution in [0.3, 0.4) is 0 Å². The molecule has 1 aromatic carbocycles. The molecule has 0 bridgehead atoms. The highest BCUT2D eigenvalue weighted by Crippen LogP contribution is 2.23. The summed E-state index contributed by atoms with van der Waals surface area (Å²) < 4.78 is 24.5. The minimum absolute atomic E-state index is 0.162. The van der Waals surface area contributed by atoms with Crippen molar-refractivity contribution < 1.29 is 8.42 Å². The predicted octanol–water partition coefficient (Wildman–Crippen LogP) is 1.62. The molecule has 0 saturated heterocycles. The average Bonchev–Trinajstić information content (AvgIpc) is 2.38. The molecule has 18 heavy (non-hydrogen) atoms. The minimum Gasteiger partial charge on any atom is -0.320 e. The summed E-state index contributed by atoms with van der Waals surface area (Å²) >= 11 is 0. The summed E-state index contributed by atoms with van der Waals surface area (Å²) in [6.07, 6.45) is 3.91. The van der Waals surface area contributed by atoms with Gasteiger partial charge in [0.05, 0.1) is 10.6 Å². The zero-order chi connectivity index (χ0) is 13.0. The van der Waals surface area contributed by atoms with Crippen LogP contribution in [0.5, 0.6) is 0 Å². The Labute approximate surface area is 107 Å². The van der Waals surface area contributed by atoms with E-state index in [9.17, 15) is 8.42 Å². The summed E-state index contributed by atoms with van der Waals surface area (Å²) in [4.78, 5) is 4.41. The fourth-order valence-corrected chi connectivity index (χ4v) is 3.46. The van der Waals surface area contributed by atoms with Gasteiger partial charge in [-0.2, -0.15) is 0 Å². The molecule has 2 aromatic rings. The van der Waals surface area contributed by atoms with Crippen LogP contribution in [0.4, 0.5) is 0 Å². The summed E-state index contributed by atoms with van der Waals surface area (Å²) in [6.45, 7) is 0.700. The van der Waals surface area contributed by atoms with Crippen molar-refractivity contribution in [3.63, 3.8) is 0 Å². The molecule has 0 aliphatic heterocycles. The van der Waals surface area contributed by atoms with Crippen LogP contribution in [0.25, 0.3) is 10.8 Å². The van der Waals surface area contributed by atoms with Gasteiger partial charge in [-0.15, -0.1) is 0 Å². The average molecular weight is 264 g/mol. The molecule has 0 unspecified atom stereocenters. The van der Waals surface area contributed by atoms with Gasteiger partial charge in [-0.1, -0.05) is 12.1 Å². The van der Waals surface area contributed by atoms with Crippen molar-refractivity contribution in [2.24, 2.45) is 0 Å². The third-order valence-corrected chi connectivity index (χ3v) is 4.67. The standard InChI is InChI=1S/C13H16N2O2S/c1-14-7-3-9-18(16,17)13-5-2-4-11-10-15-8-6-12(11)13/h2,4-6,8,10,14H,3,7,9H2,1H3. The highest BCUT2D eigenvalue weighted by Gasteiger charge is 2.16. The highest BCUT2D eigenvalue weighted by molar-refractivity contribution is 7.91. The fraction of sp³-hybridized carbons (Fsp3) is 0.308. The second-order valence-corrected chi connectivity index (χ2v) is 6.21. The lowest BCUT2D eigenvalue weighted by molar-refractivity contribution is 0.592. The number of nitrogens with one attached hydrogen (secondary N) is 1. The van der Waals surface area contributed by atoms with Crippen molar-refractivity contribution in [3.8, 4) is 0 Å². The number of aromatic nitrogens is 1. The Morgan fingerprint density at radius 1 is 1.28 bits per heavy atom. The van der Waals surface area contributed by atoms with Gasteiger partial charge < -0.3 is 5.32 Å². The zero-order valence-corrected chi connectivity index (χ0v) is 11.1. The minimum atomic E-state index is -3.23. The summed E-state index contributed by atoms with van der Waals surface area (Å²) in [5.74, 6) is 0.162.